The second kappa shape index (κ2) is 13.4. The first-order valence-electron chi connectivity index (χ1n) is 11.8. The van der Waals surface area contributed by atoms with Crippen LogP contribution in [-0.4, -0.2) is 83.3 Å². The van der Waals surface area contributed by atoms with Gasteiger partial charge in [-0.3, -0.25) is 15.0 Å². The average Bonchev–Trinajstić information content (AvgIpc) is 2.86. The van der Waals surface area contributed by atoms with Gasteiger partial charge < -0.3 is 4.90 Å². The largest absolute Gasteiger partial charge is 0.453 e. The zero-order valence-corrected chi connectivity index (χ0v) is 23.2. The summed E-state index contributed by atoms with van der Waals surface area (Å²) < 4.78 is 90.0. The number of hydrogen-bond acceptors (Lipinski definition) is 6. The minimum absolute atomic E-state index is 0. The Balaban J connectivity index is 0.00000361. The Morgan fingerprint density at radius 2 is 1.68 bits per heavy atom. The van der Waals surface area contributed by atoms with E-state index in [0.717, 1.165) is 6.54 Å². The molecule has 2 N–H and O–H groups in total. The predicted octanol–water partition coefficient (Wildman–Crippen LogP) is 3.92. The first-order valence-corrected chi connectivity index (χ1v) is 13.3. The lowest BCUT2D eigenvalue weighted by Gasteiger charge is -2.43. The lowest BCUT2D eigenvalue weighted by atomic mass is 9.93. The first-order chi connectivity index (χ1) is 16.8. The van der Waals surface area contributed by atoms with Crippen molar-refractivity contribution in [3.63, 3.8) is 0 Å². The topological polar surface area (TPSA) is 103 Å². The molecule has 2 aliphatic rings. The van der Waals surface area contributed by atoms with Gasteiger partial charge in [0, 0.05) is 50.4 Å². The summed E-state index contributed by atoms with van der Waals surface area (Å²) in [5, 5.41) is 9.27. The molecular weight excluding hydrogens is 582 g/mol. The predicted molar refractivity (Wildman–Crippen MR) is 135 cm³/mol. The third-order valence-electron chi connectivity index (χ3n) is 7.32. The van der Waals surface area contributed by atoms with Crippen molar-refractivity contribution in [2.75, 3.05) is 32.7 Å². The molecule has 0 radical (unpaired) electrons. The maximum Gasteiger partial charge on any atom is 0.453 e. The van der Waals surface area contributed by atoms with E-state index in [-0.39, 0.29) is 62.2 Å². The Hall–Kier alpha value is -1.32. The summed E-state index contributed by atoms with van der Waals surface area (Å²) in [4.78, 5) is 18.8. The van der Waals surface area contributed by atoms with Gasteiger partial charge in [0.15, 0.2) is 4.75 Å². The molecular formula is C22H33Cl2F5N4O4S. The minimum atomic E-state index is -5.60. The molecule has 1 aromatic heterocycles. The van der Waals surface area contributed by atoms with E-state index in [4.69, 9.17) is 0 Å². The number of sulfonamides is 1. The summed E-state index contributed by atoms with van der Waals surface area (Å²) in [5.74, 6) is -5.85. The van der Waals surface area contributed by atoms with Crippen LogP contribution in [0.2, 0.25) is 0 Å². The molecule has 0 unspecified atom stereocenters. The fraction of sp³-hybridized carbons (Fsp3) is 0.727. The SMILES string of the molecule is CCN1CCC(C(=O)NO)(S(=O)(=O)N2CCC(c3ccc(CCC(F)(F)C(F)(F)F)cn3)CC2)CC1.Cl.Cl. The number of aryl methyl sites for hydroxylation is 1. The number of carbonyl (C=O) groups excluding carboxylic acids is 1. The minimum Gasteiger partial charge on any atom is -0.303 e. The van der Waals surface area contributed by atoms with Crippen molar-refractivity contribution in [3.8, 4) is 0 Å². The molecule has 0 bridgehead atoms. The highest BCUT2D eigenvalue weighted by Crippen LogP contribution is 2.39. The second-order valence-electron chi connectivity index (χ2n) is 9.34. The zero-order chi connectivity index (χ0) is 26.8. The van der Waals surface area contributed by atoms with E-state index in [1.54, 1.807) is 6.07 Å². The molecule has 220 valence electrons. The van der Waals surface area contributed by atoms with Crippen molar-refractivity contribution < 1.29 is 40.4 Å². The summed E-state index contributed by atoms with van der Waals surface area (Å²) in [6, 6.07) is 3.02. The van der Waals surface area contributed by atoms with E-state index in [1.165, 1.54) is 22.0 Å². The lowest BCUT2D eigenvalue weighted by molar-refractivity contribution is -0.284. The van der Waals surface area contributed by atoms with E-state index < -0.39 is 45.6 Å². The highest BCUT2D eigenvalue weighted by atomic mass is 35.5. The molecule has 8 nitrogen and oxygen atoms in total. The number of nitrogens with one attached hydrogen (secondary N) is 1. The maximum atomic E-state index is 13.5. The fourth-order valence-corrected chi connectivity index (χ4v) is 7.01. The number of nitrogens with zero attached hydrogens (tertiary/aromatic N) is 3. The molecule has 0 aromatic carbocycles. The van der Waals surface area contributed by atoms with Gasteiger partial charge in [-0.05, 0) is 50.3 Å². The van der Waals surface area contributed by atoms with E-state index in [1.807, 2.05) is 11.8 Å². The summed E-state index contributed by atoms with van der Waals surface area (Å²) in [7, 11) is -4.08. The molecule has 2 aliphatic heterocycles. The Kier molecular flexibility index (Phi) is 12.2. The smallest absolute Gasteiger partial charge is 0.303 e. The van der Waals surface area contributed by atoms with Gasteiger partial charge in [-0.25, -0.2) is 18.2 Å². The fourth-order valence-electron chi connectivity index (χ4n) is 4.84. The zero-order valence-electron chi connectivity index (χ0n) is 20.7. The summed E-state index contributed by atoms with van der Waals surface area (Å²) in [6.07, 6.45) is -5.26. The Morgan fingerprint density at radius 1 is 1.11 bits per heavy atom. The van der Waals surface area contributed by atoms with Gasteiger partial charge in [0.25, 0.3) is 5.91 Å². The van der Waals surface area contributed by atoms with Gasteiger partial charge in [-0.1, -0.05) is 13.0 Å². The van der Waals surface area contributed by atoms with Crippen molar-refractivity contribution in [1.29, 1.82) is 0 Å². The number of rotatable bonds is 8. The van der Waals surface area contributed by atoms with Crippen LogP contribution in [0.5, 0.6) is 0 Å². The van der Waals surface area contributed by atoms with Crippen LogP contribution in [0.25, 0.3) is 0 Å². The van der Waals surface area contributed by atoms with Gasteiger partial charge >= 0.3 is 12.1 Å². The standard InChI is InChI=1S/C22H31F5N4O4S.2ClH/c1-2-30-13-9-20(10-14-30,19(32)29-33)36(34,35)31-11-6-17(7-12-31)18-4-3-16(15-28-18)5-8-21(23,24)22(25,26)27;;/h3-4,15,17,33H,2,5-14H2,1H3,(H,29,32);2*1H. The first kappa shape index (κ1) is 34.7. The number of piperidine rings is 2. The van der Waals surface area contributed by atoms with Crippen molar-refractivity contribution >= 4 is 40.7 Å². The van der Waals surface area contributed by atoms with Crippen LogP contribution in [0, 0.1) is 0 Å². The summed E-state index contributed by atoms with van der Waals surface area (Å²) in [5.41, 5.74) is 2.38. The Bertz CT molecular complexity index is 1020. The van der Waals surface area contributed by atoms with E-state index in [2.05, 4.69) is 4.98 Å². The van der Waals surface area contributed by atoms with Crippen molar-refractivity contribution in [2.24, 2.45) is 0 Å². The number of halogens is 7. The second-order valence-corrected chi connectivity index (χ2v) is 11.6. The molecule has 2 fully saturated rings. The normalized spacial score (nSPS) is 19.8. The van der Waals surface area contributed by atoms with Crippen LogP contribution in [0.3, 0.4) is 0 Å². The molecule has 3 heterocycles. The Morgan fingerprint density at radius 3 is 2.13 bits per heavy atom. The molecule has 0 aliphatic carbocycles. The monoisotopic (exact) mass is 614 g/mol. The number of hydroxylamine groups is 1. The van der Waals surface area contributed by atoms with E-state index in [9.17, 15) is 40.4 Å². The van der Waals surface area contributed by atoms with Gasteiger partial charge in [0.1, 0.15) is 0 Å². The van der Waals surface area contributed by atoms with Crippen LogP contribution in [0.1, 0.15) is 56.2 Å². The molecule has 38 heavy (non-hydrogen) atoms. The Labute approximate surface area is 231 Å². The molecule has 0 atom stereocenters. The summed E-state index contributed by atoms with van der Waals surface area (Å²) in [6.45, 7) is 3.74. The number of likely N-dealkylation sites (tertiary alicyclic amines) is 1. The van der Waals surface area contributed by atoms with Crippen LogP contribution in [0.15, 0.2) is 18.3 Å². The molecule has 1 aromatic rings. The third-order valence-corrected chi connectivity index (χ3v) is 9.95. The van der Waals surface area contributed by atoms with Crippen molar-refractivity contribution in [2.45, 2.75) is 68.2 Å². The van der Waals surface area contributed by atoms with Crippen molar-refractivity contribution in [3.05, 3.63) is 29.6 Å². The lowest BCUT2D eigenvalue weighted by Crippen LogP contribution is -2.62. The number of hydrogen-bond donors (Lipinski definition) is 2. The van der Waals surface area contributed by atoms with Crippen LogP contribution in [0.4, 0.5) is 22.0 Å². The highest BCUT2D eigenvalue weighted by molar-refractivity contribution is 7.91. The quantitative estimate of drug-likeness (QED) is 0.261. The van der Waals surface area contributed by atoms with Gasteiger partial charge in [-0.2, -0.15) is 22.0 Å². The highest BCUT2D eigenvalue weighted by Gasteiger charge is 2.57. The average molecular weight is 615 g/mol. The van der Waals surface area contributed by atoms with Crippen LogP contribution in [-0.2, 0) is 21.2 Å². The molecule has 3 rings (SSSR count). The van der Waals surface area contributed by atoms with Crippen LogP contribution >= 0.6 is 24.8 Å². The van der Waals surface area contributed by atoms with E-state index >= 15 is 0 Å². The number of amides is 1. The molecule has 1 amide bonds. The van der Waals surface area contributed by atoms with E-state index in [0.29, 0.717) is 31.6 Å². The van der Waals surface area contributed by atoms with Crippen LogP contribution < -0.4 is 5.48 Å². The third kappa shape index (κ3) is 7.05. The number of aromatic nitrogens is 1. The number of carbonyl (C=O) groups is 1. The van der Waals surface area contributed by atoms with Gasteiger partial charge in [0.2, 0.25) is 10.0 Å². The molecule has 0 saturated carbocycles. The molecule has 2 saturated heterocycles. The number of alkyl halides is 5. The molecule has 0 spiro atoms. The number of pyridine rings is 1. The summed E-state index contributed by atoms with van der Waals surface area (Å²) >= 11 is 0. The van der Waals surface area contributed by atoms with Gasteiger partial charge in [0.05, 0.1) is 0 Å². The van der Waals surface area contributed by atoms with Crippen molar-refractivity contribution in [1.82, 2.24) is 19.7 Å². The maximum absolute atomic E-state index is 13.5. The van der Waals surface area contributed by atoms with Gasteiger partial charge in [-0.15, -0.1) is 24.8 Å². The molecule has 16 heteroatoms.